The molecule has 0 aliphatic rings. The van der Waals surface area contributed by atoms with E-state index in [1.54, 1.807) is 57.2 Å². The fraction of sp³-hybridized carbons (Fsp3) is 0.375. The SMILES string of the molecule is C#Cc1cccc(NC(=O)CN(C)C(C)C(=O)N(C)C)c1. The van der Waals surface area contributed by atoms with E-state index in [4.69, 9.17) is 6.42 Å². The van der Waals surface area contributed by atoms with Crippen LogP contribution in [0.1, 0.15) is 12.5 Å². The van der Waals surface area contributed by atoms with Gasteiger partial charge in [0.1, 0.15) is 0 Å². The van der Waals surface area contributed by atoms with E-state index in [0.29, 0.717) is 11.3 Å². The van der Waals surface area contributed by atoms with E-state index in [1.807, 2.05) is 0 Å². The molecule has 5 heteroatoms. The highest BCUT2D eigenvalue weighted by Gasteiger charge is 2.21. The lowest BCUT2D eigenvalue weighted by Gasteiger charge is -2.25. The number of hydrogen-bond donors (Lipinski definition) is 1. The molecule has 0 fully saturated rings. The van der Waals surface area contributed by atoms with Crippen molar-refractivity contribution in [2.24, 2.45) is 0 Å². The molecular formula is C16H21N3O2. The molecule has 21 heavy (non-hydrogen) atoms. The molecule has 1 aromatic rings. The Hall–Kier alpha value is -2.32. The third-order valence-corrected chi connectivity index (χ3v) is 3.17. The highest BCUT2D eigenvalue weighted by molar-refractivity contribution is 5.93. The van der Waals surface area contributed by atoms with Crippen LogP contribution in [0.2, 0.25) is 0 Å². The quantitative estimate of drug-likeness (QED) is 0.823. The van der Waals surface area contributed by atoms with Gasteiger partial charge < -0.3 is 10.2 Å². The Morgan fingerprint density at radius 3 is 2.57 bits per heavy atom. The second-order valence-electron chi connectivity index (χ2n) is 5.10. The minimum atomic E-state index is -0.359. The summed E-state index contributed by atoms with van der Waals surface area (Å²) in [6, 6.07) is 6.72. The first-order chi connectivity index (χ1) is 9.85. The van der Waals surface area contributed by atoms with Gasteiger partial charge >= 0.3 is 0 Å². The maximum atomic E-state index is 12.0. The lowest BCUT2D eigenvalue weighted by atomic mass is 10.2. The summed E-state index contributed by atoms with van der Waals surface area (Å²) in [5.41, 5.74) is 1.35. The molecule has 0 heterocycles. The van der Waals surface area contributed by atoms with E-state index in [2.05, 4.69) is 11.2 Å². The average molecular weight is 287 g/mol. The third kappa shape index (κ3) is 4.93. The Bertz CT molecular complexity index is 561. The summed E-state index contributed by atoms with van der Waals surface area (Å²) in [4.78, 5) is 27.0. The highest BCUT2D eigenvalue weighted by atomic mass is 16.2. The topological polar surface area (TPSA) is 52.7 Å². The second-order valence-corrected chi connectivity index (χ2v) is 5.10. The fourth-order valence-corrected chi connectivity index (χ4v) is 1.81. The zero-order valence-electron chi connectivity index (χ0n) is 12.9. The van der Waals surface area contributed by atoms with Crippen LogP contribution in [0.5, 0.6) is 0 Å². The number of amides is 2. The van der Waals surface area contributed by atoms with Gasteiger partial charge in [0.15, 0.2) is 0 Å². The first kappa shape index (κ1) is 16.7. The van der Waals surface area contributed by atoms with Crippen molar-refractivity contribution in [2.45, 2.75) is 13.0 Å². The maximum Gasteiger partial charge on any atom is 0.239 e. The lowest BCUT2D eigenvalue weighted by Crippen LogP contribution is -2.45. The number of likely N-dealkylation sites (N-methyl/N-ethyl adjacent to an activating group) is 2. The summed E-state index contributed by atoms with van der Waals surface area (Å²) in [7, 11) is 5.12. The molecule has 2 amide bonds. The molecule has 1 unspecified atom stereocenters. The number of anilines is 1. The largest absolute Gasteiger partial charge is 0.347 e. The fourth-order valence-electron chi connectivity index (χ4n) is 1.81. The van der Waals surface area contributed by atoms with Crippen molar-refractivity contribution in [3.8, 4) is 12.3 Å². The Balaban J connectivity index is 2.61. The molecule has 1 rings (SSSR count). The molecule has 5 nitrogen and oxygen atoms in total. The van der Waals surface area contributed by atoms with E-state index in [0.717, 1.165) is 0 Å². The van der Waals surface area contributed by atoms with Crippen molar-refractivity contribution in [3.63, 3.8) is 0 Å². The summed E-state index contributed by atoms with van der Waals surface area (Å²) in [6.07, 6.45) is 5.32. The van der Waals surface area contributed by atoms with Crippen molar-refractivity contribution in [1.82, 2.24) is 9.80 Å². The molecule has 0 spiro atoms. The van der Waals surface area contributed by atoms with Crippen LogP contribution in [0.25, 0.3) is 0 Å². The Kier molecular flexibility index (Phi) is 5.94. The van der Waals surface area contributed by atoms with Gasteiger partial charge in [-0.25, -0.2) is 0 Å². The van der Waals surface area contributed by atoms with Crippen LogP contribution < -0.4 is 5.32 Å². The molecule has 0 saturated carbocycles. The van der Waals surface area contributed by atoms with Gasteiger partial charge in [0.05, 0.1) is 12.6 Å². The lowest BCUT2D eigenvalue weighted by molar-refractivity contribution is -0.133. The van der Waals surface area contributed by atoms with Crippen molar-refractivity contribution in [3.05, 3.63) is 29.8 Å². The molecule has 0 radical (unpaired) electrons. The summed E-state index contributed by atoms with van der Waals surface area (Å²) in [6.45, 7) is 1.90. The van der Waals surface area contributed by atoms with Crippen LogP contribution in [-0.4, -0.2) is 55.3 Å². The van der Waals surface area contributed by atoms with Crippen LogP contribution in [0.3, 0.4) is 0 Å². The summed E-state index contributed by atoms with van der Waals surface area (Å²) >= 11 is 0. The Morgan fingerprint density at radius 1 is 1.33 bits per heavy atom. The molecule has 1 atom stereocenters. The van der Waals surface area contributed by atoms with Gasteiger partial charge in [-0.2, -0.15) is 0 Å². The average Bonchev–Trinajstić information content (AvgIpc) is 2.45. The smallest absolute Gasteiger partial charge is 0.239 e. The second kappa shape index (κ2) is 7.46. The van der Waals surface area contributed by atoms with Crippen LogP contribution in [0.15, 0.2) is 24.3 Å². The van der Waals surface area contributed by atoms with Gasteiger partial charge in [-0.15, -0.1) is 6.42 Å². The predicted octanol–water partition coefficient (Wildman–Crippen LogP) is 1.01. The normalized spacial score (nSPS) is 11.6. The summed E-state index contributed by atoms with van der Waals surface area (Å²) in [5.74, 6) is 2.28. The minimum Gasteiger partial charge on any atom is -0.347 e. The van der Waals surface area contributed by atoms with E-state index in [9.17, 15) is 9.59 Å². The highest BCUT2D eigenvalue weighted by Crippen LogP contribution is 2.10. The number of nitrogens with zero attached hydrogens (tertiary/aromatic N) is 2. The van der Waals surface area contributed by atoms with Crippen molar-refractivity contribution in [1.29, 1.82) is 0 Å². The van der Waals surface area contributed by atoms with Crippen LogP contribution >= 0.6 is 0 Å². The van der Waals surface area contributed by atoms with Crippen molar-refractivity contribution in [2.75, 3.05) is 33.0 Å². The molecule has 1 aromatic carbocycles. The molecule has 0 aliphatic carbocycles. The van der Waals surface area contributed by atoms with Crippen molar-refractivity contribution < 1.29 is 9.59 Å². The number of rotatable bonds is 5. The molecule has 0 aliphatic heterocycles. The van der Waals surface area contributed by atoms with Gasteiger partial charge in [0.2, 0.25) is 11.8 Å². The summed E-state index contributed by atoms with van der Waals surface area (Å²) < 4.78 is 0. The number of terminal acetylenes is 1. The van der Waals surface area contributed by atoms with Crippen LogP contribution in [0.4, 0.5) is 5.69 Å². The van der Waals surface area contributed by atoms with Gasteiger partial charge in [-0.1, -0.05) is 12.0 Å². The van der Waals surface area contributed by atoms with Crippen LogP contribution in [0, 0.1) is 12.3 Å². The number of hydrogen-bond acceptors (Lipinski definition) is 3. The zero-order valence-corrected chi connectivity index (χ0v) is 12.9. The Labute approximate surface area is 125 Å². The predicted molar refractivity (Wildman–Crippen MR) is 83.8 cm³/mol. The van der Waals surface area contributed by atoms with Crippen LogP contribution in [-0.2, 0) is 9.59 Å². The summed E-state index contributed by atoms with van der Waals surface area (Å²) in [5, 5.41) is 2.77. The molecule has 0 saturated heterocycles. The monoisotopic (exact) mass is 287 g/mol. The first-order valence-electron chi connectivity index (χ1n) is 6.63. The number of benzene rings is 1. The molecule has 1 N–H and O–H groups in total. The third-order valence-electron chi connectivity index (χ3n) is 3.17. The van der Waals surface area contributed by atoms with E-state index in [1.165, 1.54) is 4.90 Å². The van der Waals surface area contributed by atoms with E-state index >= 15 is 0 Å². The van der Waals surface area contributed by atoms with Gasteiger partial charge in [0.25, 0.3) is 0 Å². The van der Waals surface area contributed by atoms with Gasteiger partial charge in [-0.3, -0.25) is 14.5 Å². The van der Waals surface area contributed by atoms with E-state index < -0.39 is 0 Å². The van der Waals surface area contributed by atoms with Crippen molar-refractivity contribution >= 4 is 17.5 Å². The standard InChI is InChI=1S/C16H21N3O2/c1-6-13-8-7-9-14(10-13)17-15(20)11-19(5)12(2)16(21)18(3)4/h1,7-10,12H,11H2,2-5H3,(H,17,20). The number of nitrogens with one attached hydrogen (secondary N) is 1. The maximum absolute atomic E-state index is 12.0. The first-order valence-corrected chi connectivity index (χ1v) is 6.63. The van der Waals surface area contributed by atoms with Gasteiger partial charge in [0, 0.05) is 25.3 Å². The molecule has 0 aromatic heterocycles. The zero-order chi connectivity index (χ0) is 16.0. The minimum absolute atomic E-state index is 0.0420. The number of carbonyl (C=O) groups is 2. The molecular weight excluding hydrogens is 266 g/mol. The van der Waals surface area contributed by atoms with E-state index in [-0.39, 0.29) is 24.4 Å². The molecule has 112 valence electrons. The number of carbonyl (C=O) groups excluding carboxylic acids is 2. The Morgan fingerprint density at radius 2 is 2.00 bits per heavy atom. The molecule has 0 bridgehead atoms. The van der Waals surface area contributed by atoms with Gasteiger partial charge in [-0.05, 0) is 32.2 Å².